The average Bonchev–Trinajstić information content (AvgIpc) is 2.56. The molecule has 1 fully saturated rings. The van der Waals surface area contributed by atoms with Crippen molar-refractivity contribution >= 4 is 15.8 Å². The number of hydrogen-bond donors (Lipinski definition) is 1. The van der Waals surface area contributed by atoms with Crippen LogP contribution in [0.4, 0.5) is 5.82 Å². The molecule has 6 nitrogen and oxygen atoms in total. The summed E-state index contributed by atoms with van der Waals surface area (Å²) in [6.45, 7) is 6.31. The number of nitrogens with zero attached hydrogens (tertiary/aromatic N) is 3. The zero-order valence-corrected chi connectivity index (χ0v) is 12.7. The number of sulfonamides is 1. The minimum Gasteiger partial charge on any atom is -0.381 e. The second-order valence-corrected chi connectivity index (χ2v) is 7.36. The van der Waals surface area contributed by atoms with Gasteiger partial charge in [0, 0.05) is 19.6 Å². The summed E-state index contributed by atoms with van der Waals surface area (Å²) in [5, 5.41) is 4.00. The van der Waals surface area contributed by atoms with Crippen molar-refractivity contribution in [2.24, 2.45) is 13.0 Å². The van der Waals surface area contributed by atoms with Crippen molar-refractivity contribution in [2.75, 3.05) is 12.3 Å². The van der Waals surface area contributed by atoms with Crippen LogP contribution in [0.5, 0.6) is 0 Å². The van der Waals surface area contributed by atoms with Gasteiger partial charge in [-0.15, -0.1) is 0 Å². The van der Waals surface area contributed by atoms with Crippen LogP contribution >= 0.6 is 0 Å². The van der Waals surface area contributed by atoms with Crippen molar-refractivity contribution < 1.29 is 8.42 Å². The summed E-state index contributed by atoms with van der Waals surface area (Å²) in [6.07, 6.45) is 1.95. The first-order chi connectivity index (χ1) is 8.75. The van der Waals surface area contributed by atoms with E-state index in [1.54, 1.807) is 18.3 Å². The topological polar surface area (TPSA) is 81.2 Å². The molecule has 0 aliphatic carbocycles. The van der Waals surface area contributed by atoms with Crippen LogP contribution in [0.25, 0.3) is 0 Å². The summed E-state index contributed by atoms with van der Waals surface area (Å²) in [5.74, 6) is 0.467. The molecule has 2 heterocycles. The zero-order chi connectivity index (χ0) is 14.4. The van der Waals surface area contributed by atoms with Gasteiger partial charge in [0.15, 0.2) is 5.82 Å². The lowest BCUT2D eigenvalue weighted by Gasteiger charge is -2.35. The molecule has 1 aliphatic heterocycles. The first-order valence-electron chi connectivity index (χ1n) is 6.56. The lowest BCUT2D eigenvalue weighted by atomic mass is 9.97. The van der Waals surface area contributed by atoms with Crippen LogP contribution in [0.3, 0.4) is 0 Å². The summed E-state index contributed by atoms with van der Waals surface area (Å²) in [6, 6.07) is 0.0141. The minimum absolute atomic E-state index is 0.0141. The van der Waals surface area contributed by atoms with Crippen LogP contribution in [-0.2, 0) is 17.1 Å². The Labute approximate surface area is 114 Å². The quantitative estimate of drug-likeness (QED) is 0.883. The summed E-state index contributed by atoms with van der Waals surface area (Å²) in [5.41, 5.74) is 6.36. The molecule has 2 unspecified atom stereocenters. The van der Waals surface area contributed by atoms with Gasteiger partial charge in [-0.3, -0.25) is 4.68 Å². The smallest absolute Gasteiger partial charge is 0.248 e. The second kappa shape index (κ2) is 4.79. The molecule has 0 spiro atoms. The highest BCUT2D eigenvalue weighted by molar-refractivity contribution is 7.89. The molecule has 1 aliphatic rings. The Morgan fingerprint density at radius 2 is 1.95 bits per heavy atom. The molecule has 2 rings (SSSR count). The predicted molar refractivity (Wildman–Crippen MR) is 74.1 cm³/mol. The lowest BCUT2D eigenvalue weighted by molar-refractivity contribution is 0.218. The monoisotopic (exact) mass is 286 g/mol. The van der Waals surface area contributed by atoms with Crippen LogP contribution in [0.1, 0.15) is 32.4 Å². The summed E-state index contributed by atoms with van der Waals surface area (Å²) in [4.78, 5) is 0.163. The molecule has 2 atom stereocenters. The molecular weight excluding hydrogens is 264 g/mol. The zero-order valence-electron chi connectivity index (χ0n) is 11.9. The van der Waals surface area contributed by atoms with Gasteiger partial charge in [0.05, 0.1) is 5.69 Å². The maximum Gasteiger partial charge on any atom is 0.248 e. The largest absolute Gasteiger partial charge is 0.381 e. The van der Waals surface area contributed by atoms with Crippen LogP contribution in [0, 0.1) is 12.8 Å². The van der Waals surface area contributed by atoms with Gasteiger partial charge >= 0.3 is 0 Å². The molecule has 2 N–H and O–H groups in total. The third-order valence-electron chi connectivity index (χ3n) is 3.93. The van der Waals surface area contributed by atoms with Crippen molar-refractivity contribution in [1.29, 1.82) is 0 Å². The van der Waals surface area contributed by atoms with Gasteiger partial charge in [0.1, 0.15) is 4.90 Å². The molecular formula is C12H22N4O2S. The van der Waals surface area contributed by atoms with E-state index in [0.29, 0.717) is 18.2 Å². The van der Waals surface area contributed by atoms with Crippen LogP contribution in [0.15, 0.2) is 4.90 Å². The van der Waals surface area contributed by atoms with Crippen molar-refractivity contribution in [1.82, 2.24) is 14.1 Å². The summed E-state index contributed by atoms with van der Waals surface area (Å²) >= 11 is 0. The number of rotatable bonds is 2. The van der Waals surface area contributed by atoms with Gasteiger partial charge in [0.25, 0.3) is 0 Å². The fraction of sp³-hybridized carbons (Fsp3) is 0.750. The molecule has 0 saturated carbocycles. The molecule has 19 heavy (non-hydrogen) atoms. The number of aryl methyl sites for hydroxylation is 1. The van der Waals surface area contributed by atoms with Crippen molar-refractivity contribution in [3.63, 3.8) is 0 Å². The third-order valence-corrected chi connectivity index (χ3v) is 6.08. The first kappa shape index (κ1) is 14.3. The molecule has 0 amide bonds. The van der Waals surface area contributed by atoms with E-state index in [9.17, 15) is 8.42 Å². The fourth-order valence-corrected chi connectivity index (χ4v) is 4.71. The van der Waals surface area contributed by atoms with E-state index in [1.807, 2.05) is 6.92 Å². The Bertz CT molecular complexity index is 579. The van der Waals surface area contributed by atoms with Crippen molar-refractivity contribution in [3.05, 3.63) is 5.69 Å². The van der Waals surface area contributed by atoms with Gasteiger partial charge in [-0.05, 0) is 32.6 Å². The predicted octanol–water partition coefficient (Wildman–Crippen LogP) is 1.12. The second-order valence-electron chi connectivity index (χ2n) is 5.53. The van der Waals surface area contributed by atoms with E-state index in [-0.39, 0.29) is 16.8 Å². The van der Waals surface area contributed by atoms with E-state index < -0.39 is 10.0 Å². The number of anilines is 1. The van der Waals surface area contributed by atoms with Crippen LogP contribution in [-0.4, -0.2) is 35.1 Å². The fourth-order valence-electron chi connectivity index (χ4n) is 2.63. The minimum atomic E-state index is -3.56. The molecule has 108 valence electrons. The van der Waals surface area contributed by atoms with Crippen molar-refractivity contribution in [3.8, 4) is 0 Å². The van der Waals surface area contributed by atoms with Gasteiger partial charge in [-0.25, -0.2) is 8.42 Å². The van der Waals surface area contributed by atoms with E-state index >= 15 is 0 Å². The van der Waals surface area contributed by atoms with Crippen LogP contribution < -0.4 is 5.73 Å². The Kier molecular flexibility index (Phi) is 3.61. The standard InChI is InChI=1S/C12H22N4O2S/c1-8-5-6-9(2)16(7-8)19(17,18)11-10(3)15(4)14-12(11)13/h8-9H,5-7H2,1-4H3,(H2,13,14). The molecule has 1 aromatic rings. The van der Waals surface area contributed by atoms with Gasteiger partial charge in [0.2, 0.25) is 10.0 Å². The van der Waals surface area contributed by atoms with Gasteiger partial charge < -0.3 is 5.73 Å². The number of piperidine rings is 1. The Hall–Kier alpha value is -1.08. The first-order valence-corrected chi connectivity index (χ1v) is 8.00. The highest BCUT2D eigenvalue weighted by atomic mass is 32.2. The average molecular weight is 286 g/mol. The maximum atomic E-state index is 12.8. The third kappa shape index (κ3) is 2.36. The highest BCUT2D eigenvalue weighted by Gasteiger charge is 2.37. The normalized spacial score (nSPS) is 25.7. The Morgan fingerprint density at radius 3 is 2.47 bits per heavy atom. The molecule has 7 heteroatoms. The molecule has 1 aromatic heterocycles. The van der Waals surface area contributed by atoms with E-state index in [0.717, 1.165) is 12.8 Å². The summed E-state index contributed by atoms with van der Waals surface area (Å²) < 4.78 is 28.7. The number of nitrogen functional groups attached to an aromatic ring is 1. The molecule has 0 aromatic carbocycles. The molecule has 0 bridgehead atoms. The molecule has 1 saturated heterocycles. The lowest BCUT2D eigenvalue weighted by Crippen LogP contribution is -2.45. The van der Waals surface area contributed by atoms with E-state index in [1.165, 1.54) is 4.68 Å². The van der Waals surface area contributed by atoms with Gasteiger partial charge in [-0.1, -0.05) is 6.92 Å². The van der Waals surface area contributed by atoms with E-state index in [4.69, 9.17) is 5.73 Å². The molecule has 0 radical (unpaired) electrons. The highest BCUT2D eigenvalue weighted by Crippen LogP contribution is 2.31. The number of nitrogens with two attached hydrogens (primary N) is 1. The number of hydrogen-bond acceptors (Lipinski definition) is 4. The summed E-state index contributed by atoms with van der Waals surface area (Å²) in [7, 11) is -1.86. The Morgan fingerprint density at radius 1 is 1.32 bits per heavy atom. The Balaban J connectivity index is 2.47. The maximum absolute atomic E-state index is 12.8. The van der Waals surface area contributed by atoms with Crippen LogP contribution in [0.2, 0.25) is 0 Å². The van der Waals surface area contributed by atoms with Gasteiger partial charge in [-0.2, -0.15) is 9.40 Å². The van der Waals surface area contributed by atoms with Crippen molar-refractivity contribution in [2.45, 2.75) is 44.6 Å². The van der Waals surface area contributed by atoms with E-state index in [2.05, 4.69) is 12.0 Å². The number of aromatic nitrogens is 2. The SMILES string of the molecule is Cc1c(S(=O)(=O)N2CC(C)CCC2C)c(N)nn1C.